The number of hydrogen-bond donors (Lipinski definition) is 0. The minimum absolute atomic E-state index is 0.344. The van der Waals surface area contributed by atoms with Gasteiger partial charge in [0, 0.05) is 18.6 Å². The normalized spacial score (nSPS) is 10.6. The molecule has 0 unspecified atom stereocenters. The van der Waals surface area contributed by atoms with Crippen LogP contribution in [0, 0.1) is 0 Å². The number of azide groups is 1. The van der Waals surface area contributed by atoms with E-state index >= 15 is 0 Å². The van der Waals surface area contributed by atoms with Crippen LogP contribution in [0.1, 0.15) is 0 Å². The fourth-order valence-corrected chi connectivity index (χ4v) is 1.27. The van der Waals surface area contributed by atoms with E-state index in [1.807, 2.05) is 0 Å². The highest BCUT2D eigenvalue weighted by molar-refractivity contribution is 4.44. The van der Waals surface area contributed by atoms with E-state index in [0.29, 0.717) is 79.2 Å². The first-order valence-corrected chi connectivity index (χ1v) is 7.30. The van der Waals surface area contributed by atoms with Gasteiger partial charge in [-0.15, -0.1) is 0 Å². The molecule has 0 aromatic carbocycles. The van der Waals surface area contributed by atoms with Crippen molar-refractivity contribution in [3.63, 3.8) is 0 Å². The van der Waals surface area contributed by atoms with Crippen LogP contribution in [0.25, 0.3) is 10.4 Å². The largest absolute Gasteiger partial charge is 0.382 e. The molecule has 0 saturated carbocycles. The van der Waals surface area contributed by atoms with E-state index in [1.165, 1.54) is 0 Å². The van der Waals surface area contributed by atoms with Crippen LogP contribution in [0.3, 0.4) is 0 Å². The molecule has 0 spiro atoms. The minimum atomic E-state index is 0.344. The van der Waals surface area contributed by atoms with Crippen molar-refractivity contribution in [3.05, 3.63) is 10.4 Å². The maximum absolute atomic E-state index is 8.05. The van der Waals surface area contributed by atoms with Crippen molar-refractivity contribution in [2.75, 3.05) is 86.3 Å². The molecule has 0 heterocycles. The van der Waals surface area contributed by atoms with Crippen LogP contribution < -0.4 is 0 Å². The molecule has 0 aromatic heterocycles. The quantitative estimate of drug-likeness (QED) is 0.162. The summed E-state index contributed by atoms with van der Waals surface area (Å²) in [6, 6.07) is 0. The molecule has 0 aliphatic carbocycles. The van der Waals surface area contributed by atoms with Crippen molar-refractivity contribution < 1.29 is 28.4 Å². The number of ether oxygens (including phenoxy) is 6. The van der Waals surface area contributed by atoms with E-state index < -0.39 is 0 Å². The van der Waals surface area contributed by atoms with Crippen LogP contribution in [0.4, 0.5) is 0 Å². The molecular weight excluding hydrogens is 294 g/mol. The first-order chi connectivity index (χ1) is 10.9. The number of methoxy groups -OCH3 is 1. The smallest absolute Gasteiger partial charge is 0.0701 e. The van der Waals surface area contributed by atoms with Crippen molar-refractivity contribution in [3.8, 4) is 0 Å². The van der Waals surface area contributed by atoms with Gasteiger partial charge < -0.3 is 28.4 Å². The molecule has 22 heavy (non-hydrogen) atoms. The molecule has 0 rings (SSSR count). The zero-order valence-corrected chi connectivity index (χ0v) is 13.3. The van der Waals surface area contributed by atoms with Gasteiger partial charge in [-0.1, -0.05) is 5.11 Å². The maximum Gasteiger partial charge on any atom is 0.0701 e. The Bertz CT molecular complexity index is 264. The van der Waals surface area contributed by atoms with Gasteiger partial charge in [0.05, 0.1) is 72.7 Å². The lowest BCUT2D eigenvalue weighted by atomic mass is 10.6. The number of hydrogen-bond acceptors (Lipinski definition) is 7. The Balaban J connectivity index is 2.95. The Hall–Kier alpha value is -0.930. The molecule has 9 heteroatoms. The van der Waals surface area contributed by atoms with Crippen molar-refractivity contribution >= 4 is 0 Å². The Labute approximate surface area is 131 Å². The lowest BCUT2D eigenvalue weighted by Crippen LogP contribution is -2.14. The average molecular weight is 321 g/mol. The first-order valence-electron chi connectivity index (χ1n) is 7.30. The van der Waals surface area contributed by atoms with Gasteiger partial charge in [-0.05, 0) is 5.53 Å². The molecule has 9 nitrogen and oxygen atoms in total. The second kappa shape index (κ2) is 20.1. The lowest BCUT2D eigenvalue weighted by molar-refractivity contribution is -0.0142. The third-order valence-electron chi connectivity index (χ3n) is 2.32. The molecule has 0 radical (unpaired) electrons. The zero-order chi connectivity index (χ0) is 16.1. The van der Waals surface area contributed by atoms with Gasteiger partial charge in [-0.25, -0.2) is 0 Å². The van der Waals surface area contributed by atoms with E-state index in [2.05, 4.69) is 10.0 Å². The van der Waals surface area contributed by atoms with E-state index in [-0.39, 0.29) is 0 Å². The summed E-state index contributed by atoms with van der Waals surface area (Å²) in [6.07, 6.45) is 0. The SMILES string of the molecule is COCCOCCOCCOCCOCCOCCN=[N+]=[N-]. The monoisotopic (exact) mass is 321 g/mol. The standard InChI is InChI=1S/C13H27N3O6/c1-17-4-5-19-8-9-21-12-13-22-11-10-20-7-6-18-3-2-15-16-14/h2-13H2,1H3. The minimum Gasteiger partial charge on any atom is -0.382 e. The number of rotatable bonds is 18. The molecule has 0 amide bonds. The number of nitrogens with zero attached hydrogens (tertiary/aromatic N) is 3. The molecular formula is C13H27N3O6. The van der Waals surface area contributed by atoms with Gasteiger partial charge in [0.25, 0.3) is 0 Å². The molecule has 130 valence electrons. The van der Waals surface area contributed by atoms with E-state index in [1.54, 1.807) is 7.11 Å². The van der Waals surface area contributed by atoms with Gasteiger partial charge in [0.1, 0.15) is 0 Å². The van der Waals surface area contributed by atoms with Gasteiger partial charge in [0.15, 0.2) is 0 Å². The molecule has 0 aliphatic rings. The van der Waals surface area contributed by atoms with Crippen LogP contribution in [0.15, 0.2) is 5.11 Å². The van der Waals surface area contributed by atoms with Crippen molar-refractivity contribution in [2.24, 2.45) is 5.11 Å². The highest BCUT2D eigenvalue weighted by Gasteiger charge is 1.93. The molecule has 0 aliphatic heterocycles. The Morgan fingerprint density at radius 3 is 1.36 bits per heavy atom. The highest BCUT2D eigenvalue weighted by atomic mass is 16.6. The molecule has 0 fully saturated rings. The van der Waals surface area contributed by atoms with Gasteiger partial charge in [-0.2, -0.15) is 0 Å². The summed E-state index contributed by atoms with van der Waals surface area (Å²) in [5.74, 6) is 0. The van der Waals surface area contributed by atoms with Gasteiger partial charge in [-0.3, -0.25) is 0 Å². The van der Waals surface area contributed by atoms with Gasteiger partial charge >= 0.3 is 0 Å². The molecule has 0 aromatic rings. The van der Waals surface area contributed by atoms with Crippen molar-refractivity contribution in [1.82, 2.24) is 0 Å². The highest BCUT2D eigenvalue weighted by Crippen LogP contribution is 1.84. The van der Waals surface area contributed by atoms with E-state index in [9.17, 15) is 0 Å². The fraction of sp³-hybridized carbons (Fsp3) is 1.00. The first kappa shape index (κ1) is 21.1. The summed E-state index contributed by atoms with van der Waals surface area (Å²) in [6.45, 7) is 6.13. The lowest BCUT2D eigenvalue weighted by Gasteiger charge is -2.07. The molecule has 0 saturated heterocycles. The predicted molar refractivity (Wildman–Crippen MR) is 80.0 cm³/mol. The molecule has 0 N–H and O–H groups in total. The van der Waals surface area contributed by atoms with Crippen LogP contribution in [0.5, 0.6) is 0 Å². The molecule has 0 bridgehead atoms. The van der Waals surface area contributed by atoms with E-state index in [4.69, 9.17) is 34.0 Å². The average Bonchev–Trinajstić information content (AvgIpc) is 2.54. The molecule has 0 atom stereocenters. The summed E-state index contributed by atoms with van der Waals surface area (Å²) in [5.41, 5.74) is 8.05. The van der Waals surface area contributed by atoms with E-state index in [0.717, 1.165) is 0 Å². The third-order valence-corrected chi connectivity index (χ3v) is 2.32. The summed E-state index contributed by atoms with van der Waals surface area (Å²) in [5, 5.41) is 3.35. The topological polar surface area (TPSA) is 104 Å². The fourth-order valence-electron chi connectivity index (χ4n) is 1.27. The Morgan fingerprint density at radius 2 is 1.00 bits per heavy atom. The van der Waals surface area contributed by atoms with Crippen LogP contribution in [-0.2, 0) is 28.4 Å². The predicted octanol–water partition coefficient (Wildman–Crippen LogP) is 1.03. The van der Waals surface area contributed by atoms with Crippen molar-refractivity contribution in [2.45, 2.75) is 0 Å². The summed E-state index contributed by atoms with van der Waals surface area (Å²) in [4.78, 5) is 2.62. The summed E-state index contributed by atoms with van der Waals surface area (Å²) < 4.78 is 31.2. The zero-order valence-electron chi connectivity index (χ0n) is 13.3. The second-order valence-corrected chi connectivity index (χ2v) is 4.01. The Kier molecular flexibility index (Phi) is 19.2. The maximum atomic E-state index is 8.05. The van der Waals surface area contributed by atoms with Crippen molar-refractivity contribution in [1.29, 1.82) is 0 Å². The van der Waals surface area contributed by atoms with Crippen LogP contribution in [-0.4, -0.2) is 86.3 Å². The Morgan fingerprint density at radius 1 is 0.636 bits per heavy atom. The summed E-state index contributed by atoms with van der Waals surface area (Å²) >= 11 is 0. The summed E-state index contributed by atoms with van der Waals surface area (Å²) in [7, 11) is 1.64. The third kappa shape index (κ3) is 19.1. The van der Waals surface area contributed by atoms with Gasteiger partial charge in [0.2, 0.25) is 0 Å². The van der Waals surface area contributed by atoms with Crippen LogP contribution in [0.2, 0.25) is 0 Å². The second-order valence-electron chi connectivity index (χ2n) is 4.01. The van der Waals surface area contributed by atoms with Crippen LogP contribution >= 0.6 is 0 Å².